The second kappa shape index (κ2) is 8.21. The van der Waals surface area contributed by atoms with Crippen molar-refractivity contribution in [3.63, 3.8) is 0 Å². The molecule has 0 aliphatic rings. The highest BCUT2D eigenvalue weighted by atomic mass is 16.3. The Morgan fingerprint density at radius 3 is 2.40 bits per heavy atom. The van der Waals surface area contributed by atoms with E-state index in [0.717, 1.165) is 11.1 Å². The summed E-state index contributed by atoms with van der Waals surface area (Å²) in [5, 5.41) is 13.9. The summed E-state index contributed by atoms with van der Waals surface area (Å²) in [6.07, 6.45) is 1.56. The van der Waals surface area contributed by atoms with Gasteiger partial charge in [0.2, 0.25) is 0 Å². The molecule has 1 atom stereocenters. The number of carbonyl (C=O) groups excluding carboxylic acids is 1. The zero-order valence-corrected chi connectivity index (χ0v) is 16.4. The van der Waals surface area contributed by atoms with Gasteiger partial charge >= 0.3 is 0 Å². The van der Waals surface area contributed by atoms with Crippen LogP contribution in [0.4, 0.5) is 0 Å². The Morgan fingerprint density at radius 1 is 1.03 bits per heavy atom. The van der Waals surface area contributed by atoms with E-state index in [1.165, 1.54) is 4.57 Å². The predicted molar refractivity (Wildman–Crippen MR) is 116 cm³/mol. The Bertz CT molecular complexity index is 1250. The number of fused-ring (bicyclic) bond motifs is 1. The fraction of sp³-hybridized carbons (Fsp3) is 0.125. The third kappa shape index (κ3) is 3.67. The lowest BCUT2D eigenvalue weighted by Crippen LogP contribution is -2.35. The first-order valence-electron chi connectivity index (χ1n) is 9.66. The monoisotopic (exact) mass is 399 g/mol. The van der Waals surface area contributed by atoms with E-state index in [1.807, 2.05) is 67.6 Å². The molecular formula is C24H21N3O3. The fourth-order valence-electron chi connectivity index (χ4n) is 3.48. The molecule has 2 N–H and O–H groups in total. The number of rotatable bonds is 5. The number of nitrogens with zero attached hydrogens (tertiary/aromatic N) is 2. The molecule has 4 rings (SSSR count). The highest BCUT2D eigenvalue weighted by Crippen LogP contribution is 2.26. The van der Waals surface area contributed by atoms with Crippen LogP contribution in [0.1, 0.15) is 34.5 Å². The smallest absolute Gasteiger partial charge is 0.269 e. The summed E-state index contributed by atoms with van der Waals surface area (Å²) in [4.78, 5) is 30.6. The van der Waals surface area contributed by atoms with Crippen LogP contribution in [0.25, 0.3) is 11.0 Å². The summed E-state index contributed by atoms with van der Waals surface area (Å²) in [6, 6.07) is 21.9. The molecule has 0 saturated heterocycles. The van der Waals surface area contributed by atoms with Crippen molar-refractivity contribution >= 4 is 16.9 Å². The lowest BCUT2D eigenvalue weighted by molar-refractivity contribution is 0.0935. The molecule has 0 bridgehead atoms. The van der Waals surface area contributed by atoms with Crippen LogP contribution in [-0.4, -0.2) is 20.6 Å². The molecule has 1 amide bonds. The van der Waals surface area contributed by atoms with Crippen molar-refractivity contribution in [3.8, 4) is 5.75 Å². The molecule has 0 fully saturated rings. The highest BCUT2D eigenvalue weighted by Gasteiger charge is 2.24. The minimum Gasteiger partial charge on any atom is -0.506 e. The van der Waals surface area contributed by atoms with E-state index >= 15 is 0 Å². The van der Waals surface area contributed by atoms with Crippen molar-refractivity contribution < 1.29 is 9.90 Å². The van der Waals surface area contributed by atoms with E-state index in [4.69, 9.17) is 0 Å². The molecule has 0 aliphatic carbocycles. The van der Waals surface area contributed by atoms with E-state index in [9.17, 15) is 14.7 Å². The summed E-state index contributed by atoms with van der Waals surface area (Å²) < 4.78 is 1.42. The number of benzene rings is 2. The molecule has 6 nitrogen and oxygen atoms in total. The van der Waals surface area contributed by atoms with Gasteiger partial charge in [-0.3, -0.25) is 14.2 Å². The second-order valence-electron chi connectivity index (χ2n) is 7.08. The Balaban J connectivity index is 1.80. The molecule has 0 spiro atoms. The zero-order valence-electron chi connectivity index (χ0n) is 16.4. The van der Waals surface area contributed by atoms with Gasteiger partial charge in [-0.15, -0.1) is 0 Å². The summed E-state index contributed by atoms with van der Waals surface area (Å²) in [7, 11) is 0. The van der Waals surface area contributed by atoms with Gasteiger partial charge in [0.25, 0.3) is 11.5 Å². The number of nitrogens with one attached hydrogen (secondary N) is 1. The third-order valence-corrected chi connectivity index (χ3v) is 5.05. The van der Waals surface area contributed by atoms with Gasteiger partial charge in [-0.1, -0.05) is 60.7 Å². The van der Waals surface area contributed by atoms with Gasteiger partial charge in [0.1, 0.15) is 17.0 Å². The predicted octanol–water partition coefficient (Wildman–Crippen LogP) is 3.64. The standard InChI is InChI=1S/C24H21N3O3/c1-16(18-11-6-3-7-12-18)26-23(29)20-21(28)19-13-8-14-25-22(19)27(24(20)30)15-17-9-4-2-5-10-17/h2-14,16,28H,15H2,1H3,(H,26,29)/t16-/m0/s1. The van der Waals surface area contributed by atoms with Crippen molar-refractivity contribution in [2.45, 2.75) is 19.5 Å². The maximum atomic E-state index is 13.3. The molecular weight excluding hydrogens is 378 g/mol. The van der Waals surface area contributed by atoms with E-state index < -0.39 is 11.5 Å². The van der Waals surface area contributed by atoms with Gasteiger partial charge in [0.05, 0.1) is 18.0 Å². The molecule has 0 aliphatic heterocycles. The summed E-state index contributed by atoms with van der Waals surface area (Å²) in [6.45, 7) is 2.07. The Kier molecular flexibility index (Phi) is 5.30. The molecule has 4 aromatic rings. The van der Waals surface area contributed by atoms with Crippen molar-refractivity contribution in [2.24, 2.45) is 0 Å². The van der Waals surface area contributed by atoms with E-state index in [0.29, 0.717) is 11.0 Å². The summed E-state index contributed by atoms with van der Waals surface area (Å²) >= 11 is 0. The topological polar surface area (TPSA) is 84.2 Å². The second-order valence-corrected chi connectivity index (χ2v) is 7.08. The van der Waals surface area contributed by atoms with Crippen LogP contribution in [0.5, 0.6) is 5.75 Å². The van der Waals surface area contributed by atoms with Crippen LogP contribution in [-0.2, 0) is 6.54 Å². The van der Waals surface area contributed by atoms with Crippen LogP contribution >= 0.6 is 0 Å². The van der Waals surface area contributed by atoms with Gasteiger partial charge in [-0.25, -0.2) is 4.98 Å². The van der Waals surface area contributed by atoms with E-state index in [-0.39, 0.29) is 23.9 Å². The maximum Gasteiger partial charge on any atom is 0.269 e. The number of hydrogen-bond donors (Lipinski definition) is 2. The van der Waals surface area contributed by atoms with Crippen LogP contribution in [0.15, 0.2) is 83.8 Å². The lowest BCUT2D eigenvalue weighted by atomic mass is 10.1. The van der Waals surface area contributed by atoms with Crippen molar-refractivity contribution in [3.05, 3.63) is 106 Å². The Hall–Kier alpha value is -3.93. The number of hydrogen-bond acceptors (Lipinski definition) is 4. The molecule has 2 aromatic heterocycles. The number of pyridine rings is 2. The largest absolute Gasteiger partial charge is 0.506 e. The highest BCUT2D eigenvalue weighted by molar-refractivity contribution is 6.01. The summed E-state index contributed by atoms with van der Waals surface area (Å²) in [5.41, 5.74) is 1.25. The molecule has 30 heavy (non-hydrogen) atoms. The average molecular weight is 399 g/mol. The Labute approximate surface area is 173 Å². The Morgan fingerprint density at radius 2 is 1.70 bits per heavy atom. The van der Waals surface area contributed by atoms with Gasteiger partial charge in [-0.05, 0) is 30.2 Å². The minimum atomic E-state index is -0.624. The average Bonchev–Trinajstić information content (AvgIpc) is 2.78. The van der Waals surface area contributed by atoms with Crippen LogP contribution < -0.4 is 10.9 Å². The molecule has 2 aromatic carbocycles. The van der Waals surface area contributed by atoms with Crippen molar-refractivity contribution in [1.29, 1.82) is 0 Å². The zero-order chi connectivity index (χ0) is 21.1. The van der Waals surface area contributed by atoms with Gasteiger partial charge in [-0.2, -0.15) is 0 Å². The SMILES string of the molecule is C[C@H](NC(=O)c1c(O)c2cccnc2n(Cc2ccccc2)c1=O)c1ccccc1. The quantitative estimate of drug-likeness (QED) is 0.537. The first-order chi connectivity index (χ1) is 14.6. The summed E-state index contributed by atoms with van der Waals surface area (Å²) in [5.74, 6) is -0.980. The fourth-order valence-corrected chi connectivity index (χ4v) is 3.48. The van der Waals surface area contributed by atoms with Gasteiger partial charge in [0.15, 0.2) is 0 Å². The molecule has 150 valence electrons. The number of carbonyl (C=O) groups is 1. The minimum absolute atomic E-state index is 0.238. The maximum absolute atomic E-state index is 13.3. The molecule has 2 heterocycles. The first-order valence-corrected chi connectivity index (χ1v) is 9.66. The molecule has 6 heteroatoms. The molecule has 0 saturated carbocycles. The van der Waals surface area contributed by atoms with E-state index in [2.05, 4.69) is 10.3 Å². The first kappa shape index (κ1) is 19.4. The van der Waals surface area contributed by atoms with Crippen LogP contribution in [0, 0.1) is 0 Å². The normalized spacial score (nSPS) is 11.9. The van der Waals surface area contributed by atoms with Gasteiger partial charge in [0, 0.05) is 6.20 Å². The van der Waals surface area contributed by atoms with E-state index in [1.54, 1.807) is 18.3 Å². The number of aromatic nitrogens is 2. The van der Waals surface area contributed by atoms with Crippen molar-refractivity contribution in [2.75, 3.05) is 0 Å². The molecule has 0 unspecified atom stereocenters. The third-order valence-electron chi connectivity index (χ3n) is 5.05. The lowest BCUT2D eigenvalue weighted by Gasteiger charge is -2.17. The van der Waals surface area contributed by atoms with Crippen LogP contribution in [0.3, 0.4) is 0 Å². The van der Waals surface area contributed by atoms with Crippen LogP contribution in [0.2, 0.25) is 0 Å². The number of aromatic hydroxyl groups is 1. The molecule has 0 radical (unpaired) electrons. The van der Waals surface area contributed by atoms with Crippen molar-refractivity contribution in [1.82, 2.24) is 14.9 Å². The number of amides is 1. The van der Waals surface area contributed by atoms with Gasteiger partial charge < -0.3 is 10.4 Å².